The second kappa shape index (κ2) is 11.7. The number of amides is 4. The van der Waals surface area contributed by atoms with Crippen molar-refractivity contribution < 1.29 is 23.9 Å². The Morgan fingerprint density at radius 2 is 1.78 bits per heavy atom. The van der Waals surface area contributed by atoms with E-state index < -0.39 is 17.8 Å². The molecule has 1 N–H and O–H groups in total. The van der Waals surface area contributed by atoms with Gasteiger partial charge < -0.3 is 9.47 Å². The van der Waals surface area contributed by atoms with Crippen molar-refractivity contribution in [3.05, 3.63) is 89.9 Å². The fraction of sp³-hybridized carbons (Fsp3) is 0.148. The van der Waals surface area contributed by atoms with Crippen LogP contribution in [0.25, 0.3) is 6.08 Å². The van der Waals surface area contributed by atoms with Gasteiger partial charge in [-0.1, -0.05) is 39.7 Å². The average molecular weight is 696 g/mol. The summed E-state index contributed by atoms with van der Waals surface area (Å²) in [5.74, 6) is -0.824. The first-order valence-electron chi connectivity index (χ1n) is 11.2. The first-order chi connectivity index (χ1) is 17.7. The van der Waals surface area contributed by atoms with E-state index in [1.54, 1.807) is 30.3 Å². The van der Waals surface area contributed by atoms with E-state index in [9.17, 15) is 14.4 Å². The molecule has 1 fully saturated rings. The number of barbiturate groups is 1. The van der Waals surface area contributed by atoms with Gasteiger partial charge in [0.1, 0.15) is 12.2 Å². The molecule has 3 aromatic carbocycles. The van der Waals surface area contributed by atoms with Crippen LogP contribution < -0.4 is 19.7 Å². The highest BCUT2D eigenvalue weighted by molar-refractivity contribution is 14.1. The summed E-state index contributed by atoms with van der Waals surface area (Å²) in [6.45, 7) is 4.29. The van der Waals surface area contributed by atoms with Crippen LogP contribution in [-0.4, -0.2) is 24.5 Å². The molecule has 0 atom stereocenters. The number of nitrogens with one attached hydrogen (secondary N) is 1. The molecule has 0 unspecified atom stereocenters. The number of ether oxygens (including phenoxy) is 2. The van der Waals surface area contributed by atoms with Gasteiger partial charge in [0.25, 0.3) is 11.8 Å². The van der Waals surface area contributed by atoms with E-state index in [0.717, 1.165) is 24.1 Å². The van der Waals surface area contributed by atoms with Crippen LogP contribution in [0.3, 0.4) is 0 Å². The monoisotopic (exact) mass is 694 g/mol. The van der Waals surface area contributed by atoms with Gasteiger partial charge in [-0.25, -0.2) is 9.69 Å². The molecule has 1 aliphatic heterocycles. The van der Waals surface area contributed by atoms with Crippen molar-refractivity contribution in [2.24, 2.45) is 0 Å². The molecule has 1 saturated heterocycles. The Morgan fingerprint density at radius 1 is 1.05 bits per heavy atom. The molecular weight excluding hydrogens is 675 g/mol. The number of hydrogen-bond donors (Lipinski definition) is 1. The number of rotatable bonds is 7. The van der Waals surface area contributed by atoms with Crippen LogP contribution in [0.1, 0.15) is 23.6 Å². The van der Waals surface area contributed by atoms with Gasteiger partial charge in [-0.3, -0.25) is 14.9 Å². The fourth-order valence-electron chi connectivity index (χ4n) is 3.64. The molecular formula is C27H21BrClIN2O5. The molecule has 0 aliphatic carbocycles. The summed E-state index contributed by atoms with van der Waals surface area (Å²) in [4.78, 5) is 39.3. The number of urea groups is 1. The summed E-state index contributed by atoms with van der Waals surface area (Å²) in [6, 6.07) is 15.3. The molecule has 1 heterocycles. The predicted molar refractivity (Wildman–Crippen MR) is 154 cm³/mol. The molecule has 0 saturated carbocycles. The van der Waals surface area contributed by atoms with E-state index in [2.05, 4.69) is 43.8 Å². The first-order valence-corrected chi connectivity index (χ1v) is 13.4. The molecule has 0 radical (unpaired) electrons. The van der Waals surface area contributed by atoms with Gasteiger partial charge in [-0.2, -0.15) is 0 Å². The molecule has 37 heavy (non-hydrogen) atoms. The van der Waals surface area contributed by atoms with Crippen LogP contribution >= 0.6 is 50.1 Å². The number of hydrogen-bond acceptors (Lipinski definition) is 5. The number of carbonyl (C=O) groups excluding carboxylic acids is 3. The standard InChI is InChI=1S/C27H21BrClIN2O5/c1-3-36-23-13-17(12-22(29)24(23)37-14-16-4-6-18(30)7-5-16)11-20-25(33)31-27(35)32(26(20)34)19-8-9-21(28)15(2)10-19/h4-13H,3,14H2,1-2H3,(H,31,33,35)/b20-11+. The molecule has 7 nitrogen and oxygen atoms in total. The fourth-order valence-corrected chi connectivity index (χ4v) is 4.52. The van der Waals surface area contributed by atoms with Crippen LogP contribution in [0.2, 0.25) is 5.02 Å². The van der Waals surface area contributed by atoms with Crippen LogP contribution in [0.15, 0.2) is 64.6 Å². The predicted octanol–water partition coefficient (Wildman–Crippen LogP) is 6.66. The van der Waals surface area contributed by atoms with E-state index in [1.807, 2.05) is 38.1 Å². The molecule has 10 heteroatoms. The number of imide groups is 2. The Kier molecular flexibility index (Phi) is 8.56. The van der Waals surface area contributed by atoms with Crippen LogP contribution in [0, 0.1) is 10.5 Å². The van der Waals surface area contributed by atoms with Gasteiger partial charge in [0.05, 0.1) is 17.3 Å². The van der Waals surface area contributed by atoms with E-state index in [1.165, 1.54) is 6.08 Å². The van der Waals surface area contributed by atoms with Gasteiger partial charge in [0.2, 0.25) is 0 Å². The Hall–Kier alpha value is -2.89. The highest BCUT2D eigenvalue weighted by atomic mass is 127. The molecule has 4 rings (SSSR count). The SMILES string of the molecule is CCOc1cc(/C=C2\C(=O)NC(=O)N(c3ccc(Br)c(C)c3)C2=O)cc(Cl)c1OCc1ccc(I)cc1. The minimum atomic E-state index is -0.818. The summed E-state index contributed by atoms with van der Waals surface area (Å²) in [6.07, 6.45) is 1.38. The van der Waals surface area contributed by atoms with Crippen molar-refractivity contribution in [2.45, 2.75) is 20.5 Å². The average Bonchev–Trinajstić information content (AvgIpc) is 2.84. The third-order valence-corrected chi connectivity index (χ3v) is 7.33. The van der Waals surface area contributed by atoms with Gasteiger partial charge in [-0.05, 0) is 102 Å². The smallest absolute Gasteiger partial charge is 0.335 e. The highest BCUT2D eigenvalue weighted by Gasteiger charge is 2.37. The Morgan fingerprint density at radius 3 is 2.46 bits per heavy atom. The third-order valence-electron chi connectivity index (χ3n) is 5.44. The quantitative estimate of drug-likeness (QED) is 0.170. The Labute approximate surface area is 241 Å². The van der Waals surface area contributed by atoms with Crippen molar-refractivity contribution >= 4 is 79.7 Å². The van der Waals surface area contributed by atoms with Gasteiger partial charge in [-0.15, -0.1) is 0 Å². The zero-order valence-corrected chi connectivity index (χ0v) is 24.3. The van der Waals surface area contributed by atoms with Crippen LogP contribution in [0.5, 0.6) is 11.5 Å². The molecule has 0 aromatic heterocycles. The van der Waals surface area contributed by atoms with Gasteiger partial charge in [0.15, 0.2) is 11.5 Å². The van der Waals surface area contributed by atoms with E-state index in [4.69, 9.17) is 21.1 Å². The summed E-state index contributed by atoms with van der Waals surface area (Å²) >= 11 is 12.2. The van der Waals surface area contributed by atoms with Crippen LogP contribution in [0.4, 0.5) is 10.5 Å². The first kappa shape index (κ1) is 27.2. The Balaban J connectivity index is 1.66. The molecule has 0 spiro atoms. The second-order valence-corrected chi connectivity index (χ2v) is 10.6. The van der Waals surface area contributed by atoms with Gasteiger partial charge in [0, 0.05) is 8.04 Å². The summed E-state index contributed by atoms with van der Waals surface area (Å²) in [7, 11) is 0. The zero-order valence-electron chi connectivity index (χ0n) is 19.8. The number of carbonyl (C=O) groups is 3. The lowest BCUT2D eigenvalue weighted by Crippen LogP contribution is -2.54. The van der Waals surface area contributed by atoms with Gasteiger partial charge >= 0.3 is 6.03 Å². The van der Waals surface area contributed by atoms with Crippen molar-refractivity contribution in [2.75, 3.05) is 11.5 Å². The molecule has 0 bridgehead atoms. The number of halogens is 3. The number of benzene rings is 3. The lowest BCUT2D eigenvalue weighted by Gasteiger charge is -2.26. The second-order valence-electron chi connectivity index (χ2n) is 8.07. The number of anilines is 1. The maximum absolute atomic E-state index is 13.3. The molecule has 1 aliphatic rings. The van der Waals surface area contributed by atoms with Crippen molar-refractivity contribution in [3.8, 4) is 11.5 Å². The summed E-state index contributed by atoms with van der Waals surface area (Å²) in [5.41, 5.74) is 2.35. The number of aryl methyl sites for hydroxylation is 1. The minimum absolute atomic E-state index is 0.216. The minimum Gasteiger partial charge on any atom is -0.490 e. The van der Waals surface area contributed by atoms with Crippen molar-refractivity contribution in [1.82, 2.24) is 5.32 Å². The zero-order chi connectivity index (χ0) is 26.7. The van der Waals surface area contributed by atoms with Crippen LogP contribution in [-0.2, 0) is 16.2 Å². The van der Waals surface area contributed by atoms with Crippen molar-refractivity contribution in [1.29, 1.82) is 0 Å². The lowest BCUT2D eigenvalue weighted by atomic mass is 10.1. The lowest BCUT2D eigenvalue weighted by molar-refractivity contribution is -0.122. The van der Waals surface area contributed by atoms with E-state index in [-0.39, 0.29) is 17.2 Å². The molecule has 190 valence electrons. The van der Waals surface area contributed by atoms with E-state index in [0.29, 0.717) is 29.4 Å². The third kappa shape index (κ3) is 6.16. The topological polar surface area (TPSA) is 84.9 Å². The number of nitrogens with zero attached hydrogens (tertiary/aromatic N) is 1. The van der Waals surface area contributed by atoms with Crippen molar-refractivity contribution in [3.63, 3.8) is 0 Å². The maximum Gasteiger partial charge on any atom is 0.335 e. The van der Waals surface area contributed by atoms with E-state index >= 15 is 0 Å². The largest absolute Gasteiger partial charge is 0.490 e. The summed E-state index contributed by atoms with van der Waals surface area (Å²) < 4.78 is 13.7. The Bertz CT molecular complexity index is 1430. The maximum atomic E-state index is 13.3. The highest BCUT2D eigenvalue weighted by Crippen LogP contribution is 2.38. The molecule has 4 amide bonds. The normalized spacial score (nSPS) is 14.7. The molecule has 3 aromatic rings. The summed E-state index contributed by atoms with van der Waals surface area (Å²) in [5, 5.41) is 2.48.